The van der Waals surface area contributed by atoms with E-state index in [9.17, 15) is 32.9 Å². The van der Waals surface area contributed by atoms with Crippen LogP contribution in [0, 0.1) is 4.64 Å². The van der Waals surface area contributed by atoms with Crippen molar-refractivity contribution in [3.8, 4) is 0 Å². The molecule has 5 atom stereocenters. The number of alkyl halides is 1. The van der Waals surface area contributed by atoms with E-state index in [0.717, 1.165) is 13.1 Å². The second kappa shape index (κ2) is 10.1. The summed E-state index contributed by atoms with van der Waals surface area (Å²) in [5.74, 6) is 0. The van der Waals surface area contributed by atoms with E-state index in [1.165, 1.54) is 6.07 Å². The van der Waals surface area contributed by atoms with Gasteiger partial charge in [-0.05, 0) is 13.0 Å². The van der Waals surface area contributed by atoms with Gasteiger partial charge in [0.25, 0.3) is 0 Å². The van der Waals surface area contributed by atoms with Crippen molar-refractivity contribution in [3.63, 3.8) is 0 Å². The minimum absolute atomic E-state index is 0.0292. The maximum Gasteiger partial charge on any atom is 0.490 e. The molecule has 0 aliphatic rings. The maximum absolute atomic E-state index is 13.7. The Bertz CT molecular complexity index is 959. The van der Waals surface area contributed by atoms with Crippen molar-refractivity contribution in [2.45, 2.75) is 25.6 Å². The molecule has 29 heavy (non-hydrogen) atoms. The summed E-state index contributed by atoms with van der Waals surface area (Å²) in [5.41, 5.74) is -0.928. The summed E-state index contributed by atoms with van der Waals surface area (Å²) in [4.78, 5) is 49.0. The molecule has 20 heteroatoms. The van der Waals surface area contributed by atoms with Crippen molar-refractivity contribution in [1.82, 2.24) is 9.55 Å². The average Bonchev–Trinajstić information content (AvgIpc) is 2.47. The fourth-order valence-electron chi connectivity index (χ4n) is 1.57. The molecule has 2 unspecified atom stereocenters. The molecule has 1 rings (SSSR count). The fourth-order valence-corrected chi connectivity index (χ4v) is 4.75. The highest BCUT2D eigenvalue weighted by Crippen LogP contribution is 2.66. The zero-order valence-corrected chi connectivity index (χ0v) is 17.7. The van der Waals surface area contributed by atoms with Crippen LogP contribution in [-0.4, -0.2) is 53.1 Å². The quantitative estimate of drug-likeness (QED) is 0.137. The van der Waals surface area contributed by atoms with Crippen molar-refractivity contribution < 1.29 is 60.6 Å². The molecule has 0 spiro atoms. The van der Waals surface area contributed by atoms with E-state index < -0.39 is 54.5 Å². The van der Waals surface area contributed by atoms with E-state index >= 15 is 0 Å². The minimum atomic E-state index is -5.75. The second-order valence-corrected chi connectivity index (χ2v) is 9.94. The highest BCUT2D eigenvalue weighted by molar-refractivity contribution is 7.71. The van der Waals surface area contributed by atoms with Crippen molar-refractivity contribution in [3.05, 3.63) is 27.4 Å². The van der Waals surface area contributed by atoms with Crippen molar-refractivity contribution in [1.29, 1.82) is 0 Å². The largest absolute Gasteiger partial charge is 0.490 e. The minimum Gasteiger partial charge on any atom is -0.351 e. The van der Waals surface area contributed by atoms with Gasteiger partial charge < -0.3 is 29.4 Å². The fraction of sp³-hybridized carbons (Fsp3) is 0.556. The summed E-state index contributed by atoms with van der Waals surface area (Å²) in [6, 6.07) is 1.20. The van der Waals surface area contributed by atoms with Crippen LogP contribution < -0.4 is 5.69 Å². The smallest absolute Gasteiger partial charge is 0.351 e. The molecule has 0 radical (unpaired) electrons. The number of phosphoric acid groups is 3. The van der Waals surface area contributed by atoms with E-state index in [2.05, 4.69) is 30.3 Å². The second-order valence-electron chi connectivity index (χ2n) is 5.08. The zero-order valence-electron chi connectivity index (χ0n) is 14.2. The van der Waals surface area contributed by atoms with Gasteiger partial charge in [0.15, 0.2) is 0 Å². The van der Waals surface area contributed by atoms with Gasteiger partial charge in [-0.3, -0.25) is 14.1 Å². The number of H-pyrrole nitrogens is 1. The molecule has 0 saturated heterocycles. The highest BCUT2D eigenvalue weighted by Gasteiger charge is 2.41. The van der Waals surface area contributed by atoms with Gasteiger partial charge in [0.1, 0.15) is 16.9 Å². The van der Waals surface area contributed by atoms with Crippen molar-refractivity contribution in [2.24, 2.45) is 0 Å². The number of rotatable bonds is 11. The normalized spacial score (nSPS) is 19.7. The molecule has 0 amide bonds. The average molecular weight is 504 g/mol. The van der Waals surface area contributed by atoms with Crippen LogP contribution in [0.1, 0.15) is 13.3 Å². The number of hydrogen-bond acceptors (Lipinski definition) is 10. The summed E-state index contributed by atoms with van der Waals surface area (Å²) < 4.78 is 63.6. The van der Waals surface area contributed by atoms with E-state index in [1.807, 2.05) is 0 Å². The number of hydrogen-bond donors (Lipinski definition) is 6. The summed E-state index contributed by atoms with van der Waals surface area (Å²) in [5, 5.41) is 9.87. The standard InChI is InChI=1S/C9H16FN2O13P3S/c1-5(10)6(23-9(14)12-3-2-7(29)11-8(12)13)4-22-27(18,19)25-28(20,21)24-26(15,16)17/h2-3,5-6,9,14H,4H2,1H3,(H,18,19)(H,20,21)(H,11,13,29)(H2,15,16,17)/t5-,6-,9+/m1/s1. The third kappa shape index (κ3) is 9.81. The molecule has 0 aliphatic heterocycles. The number of nitrogens with zero attached hydrogens (tertiary/aromatic N) is 1. The Hall–Kier alpha value is -0.640. The number of nitrogens with one attached hydrogen (secondary N) is 1. The van der Waals surface area contributed by atoms with E-state index in [0.29, 0.717) is 4.57 Å². The Morgan fingerprint density at radius 2 is 1.79 bits per heavy atom. The molecule has 0 fully saturated rings. The number of ether oxygens (including phenoxy) is 1. The third-order valence-electron chi connectivity index (χ3n) is 2.72. The molecule has 0 bridgehead atoms. The Morgan fingerprint density at radius 1 is 1.21 bits per heavy atom. The summed E-state index contributed by atoms with van der Waals surface area (Å²) >= 11 is 4.69. The summed E-state index contributed by atoms with van der Waals surface area (Å²) in [6.45, 7) is -0.283. The van der Waals surface area contributed by atoms with Crippen LogP contribution in [0.15, 0.2) is 17.1 Å². The number of aromatic amines is 1. The maximum atomic E-state index is 13.7. The van der Waals surface area contributed by atoms with Crippen molar-refractivity contribution in [2.75, 3.05) is 6.61 Å². The first-order valence-corrected chi connectivity index (χ1v) is 12.0. The van der Waals surface area contributed by atoms with Gasteiger partial charge in [0, 0.05) is 6.20 Å². The highest BCUT2D eigenvalue weighted by atomic mass is 32.1. The van der Waals surface area contributed by atoms with E-state index in [4.69, 9.17) is 19.4 Å². The number of aromatic nitrogens is 2. The van der Waals surface area contributed by atoms with E-state index in [1.54, 1.807) is 0 Å². The number of aliphatic hydroxyl groups excluding tert-OH is 1. The molecule has 1 aromatic heterocycles. The lowest BCUT2D eigenvalue weighted by Crippen LogP contribution is -2.35. The lowest BCUT2D eigenvalue weighted by molar-refractivity contribution is -0.205. The van der Waals surface area contributed by atoms with Crippen LogP contribution >= 0.6 is 35.7 Å². The summed E-state index contributed by atoms with van der Waals surface area (Å²) in [6.07, 6.45) is -4.88. The third-order valence-corrected chi connectivity index (χ3v) is 6.76. The van der Waals surface area contributed by atoms with E-state index in [-0.39, 0.29) is 4.64 Å². The van der Waals surface area contributed by atoms with Gasteiger partial charge in [-0.2, -0.15) is 8.62 Å². The van der Waals surface area contributed by atoms with Crippen LogP contribution in [0.2, 0.25) is 0 Å². The number of halogens is 1. The first kappa shape index (κ1) is 26.4. The molecule has 0 aromatic carbocycles. The van der Waals surface area contributed by atoms with Gasteiger partial charge in [-0.1, -0.05) is 12.2 Å². The number of aliphatic hydroxyl groups is 1. The van der Waals surface area contributed by atoms with Gasteiger partial charge >= 0.3 is 29.2 Å². The topological polar surface area (TPSA) is 227 Å². The molecule has 1 aromatic rings. The summed E-state index contributed by atoms with van der Waals surface area (Å²) in [7, 11) is -16.8. The Morgan fingerprint density at radius 3 is 2.28 bits per heavy atom. The molecular weight excluding hydrogens is 488 g/mol. The van der Waals surface area contributed by atoms with Crippen LogP contribution in [0.5, 0.6) is 0 Å². The van der Waals surface area contributed by atoms with Gasteiger partial charge in [0.2, 0.25) is 6.41 Å². The van der Waals surface area contributed by atoms with Crippen LogP contribution in [0.25, 0.3) is 0 Å². The predicted molar refractivity (Wildman–Crippen MR) is 92.4 cm³/mol. The van der Waals surface area contributed by atoms with Crippen LogP contribution in [0.4, 0.5) is 4.39 Å². The van der Waals surface area contributed by atoms with Gasteiger partial charge in [0.05, 0.1) is 6.61 Å². The van der Waals surface area contributed by atoms with Crippen LogP contribution in [0.3, 0.4) is 0 Å². The molecular formula is C9H16FN2O13P3S. The molecule has 168 valence electrons. The molecule has 1 heterocycles. The Kier molecular flexibility index (Phi) is 9.20. The zero-order chi connectivity index (χ0) is 22.6. The van der Waals surface area contributed by atoms with Crippen LogP contribution in [-0.2, 0) is 31.6 Å². The first-order chi connectivity index (χ1) is 13.0. The predicted octanol–water partition coefficient (Wildman–Crippen LogP) is 0.441. The van der Waals surface area contributed by atoms with Gasteiger partial charge in [-0.25, -0.2) is 22.9 Å². The molecule has 6 N–H and O–H groups in total. The Labute approximate surface area is 166 Å². The molecule has 15 nitrogen and oxygen atoms in total. The molecule has 0 aliphatic carbocycles. The number of phosphoric ester groups is 1. The monoisotopic (exact) mass is 504 g/mol. The first-order valence-electron chi connectivity index (χ1n) is 7.09. The van der Waals surface area contributed by atoms with Crippen molar-refractivity contribution >= 4 is 35.7 Å². The SMILES string of the molecule is C[C@@H](F)[C@@H](COP(=O)(O)OP(=O)(O)OP(=O)(O)O)O[C@H](O)n1ccc(=S)[nH]c1=O. The van der Waals surface area contributed by atoms with Gasteiger partial charge in [-0.15, -0.1) is 0 Å². The lowest BCUT2D eigenvalue weighted by Gasteiger charge is -2.24. The Balaban J connectivity index is 2.82. The lowest BCUT2D eigenvalue weighted by atomic mass is 10.3. The molecule has 0 saturated carbocycles.